The summed E-state index contributed by atoms with van der Waals surface area (Å²) in [5.41, 5.74) is 4.51. The van der Waals surface area contributed by atoms with E-state index in [-0.39, 0.29) is 31.2 Å². The minimum atomic E-state index is -2.39. The number of rotatable bonds is 4. The number of fused-ring (bicyclic) bond motifs is 3. The van der Waals surface area contributed by atoms with Crippen molar-refractivity contribution < 1.29 is 34.1 Å². The standard InChI is InChI=1S/C22H20NO.C14H16GeN.Ir/c1-13(2)19-11-20(23-12-15(19)4)18-7-5-6-17-16-9-8-14(3)10-21(16)24-22(17)18;1-15(2,3)13-9-10-14(16-11-13)12-7-5-4-6-8-12;/h5-6,8-13H,1-4H3;4-7,9-11H,1-3H3;/q2*-1;/i3D3,4D3,13D;;. The van der Waals surface area contributed by atoms with Gasteiger partial charge in [0.1, 0.15) is 5.58 Å². The molecule has 0 fully saturated rings. The van der Waals surface area contributed by atoms with Crippen molar-refractivity contribution in [2.75, 3.05) is 0 Å². The van der Waals surface area contributed by atoms with Crippen LogP contribution < -0.4 is 4.40 Å². The van der Waals surface area contributed by atoms with Crippen molar-refractivity contribution in [3.8, 4) is 22.5 Å². The van der Waals surface area contributed by atoms with E-state index < -0.39 is 32.9 Å². The fraction of sp³-hybridized carbons (Fsp3) is 0.222. The Kier molecular flexibility index (Phi) is 7.07. The van der Waals surface area contributed by atoms with Gasteiger partial charge in [-0.15, -0.1) is 18.2 Å². The van der Waals surface area contributed by atoms with Crippen molar-refractivity contribution in [3.63, 3.8) is 0 Å². The molecule has 41 heavy (non-hydrogen) atoms. The van der Waals surface area contributed by atoms with Crippen LogP contribution in [-0.4, -0.2) is 23.2 Å². The third kappa shape index (κ3) is 6.89. The van der Waals surface area contributed by atoms with Crippen LogP contribution in [0.5, 0.6) is 0 Å². The number of pyridine rings is 2. The summed E-state index contributed by atoms with van der Waals surface area (Å²) in [5, 5.41) is 1.53. The van der Waals surface area contributed by atoms with Crippen molar-refractivity contribution in [2.45, 2.75) is 50.7 Å². The number of furan rings is 1. The van der Waals surface area contributed by atoms with Crippen LogP contribution >= 0.6 is 0 Å². The molecule has 3 heterocycles. The molecule has 0 atom stereocenters. The summed E-state index contributed by atoms with van der Waals surface area (Å²) in [6, 6.07) is 28.5. The summed E-state index contributed by atoms with van der Waals surface area (Å²) in [7, 11) is 0. The Labute approximate surface area is 270 Å². The number of hydrogen-bond acceptors (Lipinski definition) is 3. The Balaban J connectivity index is 0.000000258. The van der Waals surface area contributed by atoms with E-state index >= 15 is 0 Å². The monoisotopic (exact) mass is 786 g/mol. The molecule has 0 bridgehead atoms. The van der Waals surface area contributed by atoms with E-state index in [1.165, 1.54) is 16.7 Å². The zero-order valence-electron chi connectivity index (χ0n) is 30.7. The molecule has 0 spiro atoms. The van der Waals surface area contributed by atoms with Crippen LogP contribution in [-0.2, 0) is 20.1 Å². The van der Waals surface area contributed by atoms with Gasteiger partial charge in [0.05, 0.1) is 5.58 Å². The quantitative estimate of drug-likeness (QED) is 0.132. The van der Waals surface area contributed by atoms with E-state index in [1.807, 2.05) is 36.5 Å². The van der Waals surface area contributed by atoms with Gasteiger partial charge in [0.2, 0.25) is 0 Å². The Bertz CT molecular complexity index is 2030. The van der Waals surface area contributed by atoms with E-state index in [0.29, 0.717) is 28.0 Å². The molecule has 0 saturated heterocycles. The second-order valence-electron chi connectivity index (χ2n) is 11.0. The van der Waals surface area contributed by atoms with E-state index in [0.717, 1.165) is 22.0 Å². The van der Waals surface area contributed by atoms with E-state index in [9.17, 15) is 0 Å². The van der Waals surface area contributed by atoms with Crippen LogP contribution in [0.2, 0.25) is 17.3 Å². The van der Waals surface area contributed by atoms with Gasteiger partial charge in [0.25, 0.3) is 0 Å². The van der Waals surface area contributed by atoms with Gasteiger partial charge in [-0.05, 0) is 48.0 Å². The summed E-state index contributed by atoms with van der Waals surface area (Å²) in [6.45, 7) is -1.38. The molecule has 3 aromatic heterocycles. The van der Waals surface area contributed by atoms with Crippen LogP contribution in [0.3, 0.4) is 0 Å². The first-order chi connectivity index (χ1) is 21.8. The Morgan fingerprint density at radius 3 is 2.34 bits per heavy atom. The molecule has 211 valence electrons. The molecule has 0 aliphatic heterocycles. The molecule has 0 unspecified atom stereocenters. The Morgan fingerprint density at radius 2 is 1.68 bits per heavy atom. The molecule has 0 aliphatic carbocycles. The average molecular weight is 785 g/mol. The molecule has 0 aliphatic rings. The van der Waals surface area contributed by atoms with Crippen molar-refractivity contribution in [3.05, 3.63) is 114 Å². The molecular formula is C36H36GeIrN2O-2. The third-order valence-electron chi connectivity index (χ3n) is 6.75. The van der Waals surface area contributed by atoms with Gasteiger partial charge in [-0.1, -0.05) is 43.0 Å². The molecule has 0 N–H and O–H groups in total. The maximum absolute atomic E-state index is 8.42. The fourth-order valence-corrected chi connectivity index (χ4v) is 6.66. The first-order valence-electron chi connectivity index (χ1n) is 16.7. The number of aryl methyl sites for hydroxylation is 2. The molecule has 1 radical (unpaired) electrons. The normalized spacial score (nSPS) is 14.7. The Morgan fingerprint density at radius 1 is 0.854 bits per heavy atom. The van der Waals surface area contributed by atoms with Gasteiger partial charge in [-0.2, -0.15) is 0 Å². The van der Waals surface area contributed by atoms with Crippen LogP contribution in [0, 0.1) is 25.8 Å². The second kappa shape index (κ2) is 12.9. The molecular weight excluding hydrogens is 741 g/mol. The number of benzene rings is 3. The summed E-state index contributed by atoms with van der Waals surface area (Å²) in [6.07, 6.45) is 3.33. The second-order valence-corrected chi connectivity index (χ2v) is 21.6. The fourth-order valence-electron chi connectivity index (χ4n) is 4.49. The number of nitrogens with zero attached hydrogens (tertiary/aromatic N) is 2. The average Bonchev–Trinajstić information content (AvgIpc) is 3.38. The minimum absolute atomic E-state index is 0. The van der Waals surface area contributed by atoms with Gasteiger partial charge in [-0.3, -0.25) is 0 Å². The van der Waals surface area contributed by atoms with Crippen molar-refractivity contribution in [1.82, 2.24) is 9.97 Å². The first-order valence-corrected chi connectivity index (χ1v) is 20.5. The largest absolute Gasteiger partial charge is 0 e. The smallest absolute Gasteiger partial charge is 0 e. The molecule has 6 aromatic rings. The van der Waals surface area contributed by atoms with Gasteiger partial charge in [0, 0.05) is 41.3 Å². The summed E-state index contributed by atoms with van der Waals surface area (Å²) >= 11 is -1.72. The van der Waals surface area contributed by atoms with Gasteiger partial charge in [-0.25, -0.2) is 0 Å². The third-order valence-corrected chi connectivity index (χ3v) is 11.0. The SMILES string of the molecule is [2H]C([2H])([2H])c1ccc2c(c1)oc1c(-c3cc(C([2H])(C)C)c(C([2H])([2H])[2H])cn3)[c-]ccc12.[CH3][Ge]([CH3])([CH3])[c]1ccc(-c2[c-]cccc2)nc1.[Ir]. The first kappa shape index (κ1) is 22.5. The molecule has 3 nitrogen and oxygen atoms in total. The molecule has 3 aromatic carbocycles. The predicted molar refractivity (Wildman–Crippen MR) is 171 cm³/mol. The van der Waals surface area contributed by atoms with Crippen molar-refractivity contribution >= 4 is 39.6 Å². The maximum Gasteiger partial charge on any atom is 0 e. The van der Waals surface area contributed by atoms with Crippen LogP contribution in [0.1, 0.15) is 46.0 Å². The summed E-state index contributed by atoms with van der Waals surface area (Å²) < 4.78 is 62.1. The summed E-state index contributed by atoms with van der Waals surface area (Å²) in [5.74, 6) is 5.99. The van der Waals surface area contributed by atoms with Crippen LogP contribution in [0.15, 0.2) is 89.6 Å². The van der Waals surface area contributed by atoms with Gasteiger partial charge in [0.15, 0.2) is 0 Å². The maximum atomic E-state index is 8.42. The molecule has 0 saturated carbocycles. The zero-order valence-corrected chi connectivity index (χ0v) is 28.2. The van der Waals surface area contributed by atoms with E-state index in [2.05, 4.69) is 51.5 Å². The van der Waals surface area contributed by atoms with Crippen molar-refractivity contribution in [2.24, 2.45) is 0 Å². The van der Waals surface area contributed by atoms with Crippen LogP contribution in [0.4, 0.5) is 0 Å². The molecule has 6 rings (SSSR count). The van der Waals surface area contributed by atoms with E-state index in [4.69, 9.17) is 14.0 Å². The van der Waals surface area contributed by atoms with Crippen molar-refractivity contribution in [1.29, 1.82) is 0 Å². The minimum Gasteiger partial charge on any atom is 0 e. The number of hydrogen-bond donors (Lipinski definition) is 0. The zero-order chi connectivity index (χ0) is 34.4. The molecule has 5 heteroatoms. The predicted octanol–water partition coefficient (Wildman–Crippen LogP) is 9.28. The van der Waals surface area contributed by atoms with E-state index in [1.54, 1.807) is 38.1 Å². The Hall–Kier alpha value is -3.05. The van der Waals surface area contributed by atoms with Gasteiger partial charge < -0.3 is 9.40 Å². The topological polar surface area (TPSA) is 38.9 Å². The number of aromatic nitrogens is 2. The van der Waals surface area contributed by atoms with Crippen LogP contribution in [0.25, 0.3) is 44.5 Å². The molecule has 0 amide bonds. The van der Waals surface area contributed by atoms with Gasteiger partial charge >= 0.3 is 99.8 Å². The summed E-state index contributed by atoms with van der Waals surface area (Å²) in [4.78, 5) is 8.87.